The molecule has 5 nitrogen and oxygen atoms in total. The van der Waals surface area contributed by atoms with Gasteiger partial charge in [0.1, 0.15) is 6.07 Å². The molecule has 130 valence electrons. The van der Waals surface area contributed by atoms with Crippen molar-refractivity contribution < 1.29 is 21.6 Å². The number of halogens is 4. The Hall–Kier alpha value is -2.15. The van der Waals surface area contributed by atoms with Gasteiger partial charge in [-0.15, -0.1) is 0 Å². The summed E-state index contributed by atoms with van der Waals surface area (Å²) in [7, 11) is -4.08. The molecule has 0 spiro atoms. The van der Waals surface area contributed by atoms with Gasteiger partial charge in [-0.3, -0.25) is 0 Å². The van der Waals surface area contributed by atoms with Gasteiger partial charge >= 0.3 is 0 Å². The Labute approximate surface area is 146 Å². The number of nitriles is 1. The van der Waals surface area contributed by atoms with E-state index in [1.165, 1.54) is 18.2 Å². The zero-order valence-electron chi connectivity index (χ0n) is 12.4. The molecule has 1 fully saturated rings. The van der Waals surface area contributed by atoms with Crippen LogP contribution in [0.15, 0.2) is 35.2 Å². The normalized spacial score (nSPS) is 16.9. The molecule has 0 saturated carbocycles. The summed E-state index contributed by atoms with van der Waals surface area (Å²) >= 11 is 6.08. The van der Waals surface area contributed by atoms with Crippen molar-refractivity contribution in [2.24, 2.45) is 0 Å². The van der Waals surface area contributed by atoms with Crippen molar-refractivity contribution >= 4 is 21.6 Å². The molecule has 0 radical (unpaired) electrons. The summed E-state index contributed by atoms with van der Waals surface area (Å²) in [6.45, 7) is -1.75. The van der Waals surface area contributed by atoms with E-state index in [1.807, 2.05) is 0 Å². The first-order chi connectivity index (χ1) is 11.6. The van der Waals surface area contributed by atoms with Gasteiger partial charge in [-0.25, -0.2) is 26.6 Å². The predicted octanol–water partition coefficient (Wildman–Crippen LogP) is 3.05. The van der Waals surface area contributed by atoms with Crippen LogP contribution in [0.2, 0.25) is 5.02 Å². The van der Waals surface area contributed by atoms with Crippen LogP contribution in [0.3, 0.4) is 0 Å². The minimum Gasteiger partial charge on any atom is -0.234 e. The van der Waals surface area contributed by atoms with Crippen LogP contribution in [0.25, 0.3) is 11.3 Å². The van der Waals surface area contributed by atoms with E-state index < -0.39 is 40.5 Å². The second-order valence-electron chi connectivity index (χ2n) is 5.41. The van der Waals surface area contributed by atoms with Gasteiger partial charge < -0.3 is 0 Å². The molecule has 0 amide bonds. The quantitative estimate of drug-likeness (QED) is 0.811. The second kappa shape index (κ2) is 5.98. The summed E-state index contributed by atoms with van der Waals surface area (Å²) in [4.78, 5) is 3.58. The molecule has 10 heteroatoms. The maximum Gasteiger partial charge on any atom is 0.275 e. The lowest BCUT2D eigenvalue weighted by Crippen LogP contribution is -2.58. The second-order valence-corrected chi connectivity index (χ2v) is 7.75. The molecule has 0 bridgehead atoms. The summed E-state index contributed by atoms with van der Waals surface area (Å²) in [5, 5.41) is 8.80. The molecule has 2 heterocycles. The van der Waals surface area contributed by atoms with E-state index in [0.29, 0.717) is 4.31 Å². The van der Waals surface area contributed by atoms with Gasteiger partial charge in [-0.2, -0.15) is 9.57 Å². The lowest BCUT2D eigenvalue weighted by Gasteiger charge is -2.37. The average molecular weight is 388 g/mol. The summed E-state index contributed by atoms with van der Waals surface area (Å²) in [6, 6.07) is 7.57. The Bertz CT molecular complexity index is 998. The molecule has 2 aromatic rings. The average Bonchev–Trinajstić information content (AvgIpc) is 2.53. The highest BCUT2D eigenvalue weighted by atomic mass is 35.5. The summed E-state index contributed by atoms with van der Waals surface area (Å²) in [5.74, 6) is -3.82. The number of aromatic nitrogens is 1. The molecule has 25 heavy (non-hydrogen) atoms. The number of pyridine rings is 1. The van der Waals surface area contributed by atoms with E-state index in [1.54, 1.807) is 6.07 Å². The molecule has 1 aromatic heterocycles. The predicted molar refractivity (Wildman–Crippen MR) is 83.1 cm³/mol. The zero-order chi connectivity index (χ0) is 18.4. The molecular weight excluding hydrogens is 379 g/mol. The van der Waals surface area contributed by atoms with Crippen LogP contribution in [0.4, 0.5) is 13.2 Å². The molecule has 0 aliphatic carbocycles. The first-order valence-electron chi connectivity index (χ1n) is 6.89. The lowest BCUT2D eigenvalue weighted by atomic mass is 10.1. The molecule has 0 unspecified atom stereocenters. The van der Waals surface area contributed by atoms with Crippen molar-refractivity contribution in [1.82, 2.24) is 9.29 Å². The highest BCUT2D eigenvalue weighted by Crippen LogP contribution is 2.35. The molecule has 0 atom stereocenters. The maximum atomic E-state index is 13.3. The Morgan fingerprint density at radius 1 is 1.24 bits per heavy atom. The number of rotatable bonds is 3. The van der Waals surface area contributed by atoms with Gasteiger partial charge in [0.15, 0.2) is 11.5 Å². The number of benzene rings is 1. The van der Waals surface area contributed by atoms with Crippen molar-refractivity contribution in [3.8, 4) is 17.3 Å². The fraction of sp³-hybridized carbons (Fsp3) is 0.200. The molecular formula is C15H9ClF3N3O2S. The van der Waals surface area contributed by atoms with Crippen LogP contribution in [0.5, 0.6) is 0 Å². The van der Waals surface area contributed by atoms with Gasteiger partial charge in [0.05, 0.1) is 28.7 Å². The highest BCUT2D eigenvalue weighted by molar-refractivity contribution is 7.89. The minimum atomic E-state index is -4.08. The SMILES string of the molecule is N#Cc1nc(-c2ccc(S(=O)(=O)N3CC(F)(F)C3)cc2Cl)ccc1F. The Balaban J connectivity index is 1.96. The van der Waals surface area contributed by atoms with Crippen LogP contribution >= 0.6 is 11.6 Å². The van der Waals surface area contributed by atoms with Crippen LogP contribution in [-0.4, -0.2) is 36.7 Å². The molecule has 3 rings (SSSR count). The zero-order valence-corrected chi connectivity index (χ0v) is 14.0. The third kappa shape index (κ3) is 3.20. The van der Waals surface area contributed by atoms with E-state index in [2.05, 4.69) is 4.98 Å². The van der Waals surface area contributed by atoms with Crippen molar-refractivity contribution in [2.75, 3.05) is 13.1 Å². The fourth-order valence-electron chi connectivity index (χ4n) is 2.32. The molecule has 1 saturated heterocycles. The number of alkyl halides is 2. The number of nitrogens with zero attached hydrogens (tertiary/aromatic N) is 3. The topological polar surface area (TPSA) is 74.1 Å². The van der Waals surface area contributed by atoms with Crippen molar-refractivity contribution in [2.45, 2.75) is 10.8 Å². The first kappa shape index (κ1) is 17.7. The number of hydrogen-bond acceptors (Lipinski definition) is 4. The monoisotopic (exact) mass is 387 g/mol. The summed E-state index contributed by atoms with van der Waals surface area (Å²) in [5.41, 5.74) is 0.0431. The van der Waals surface area contributed by atoms with Crippen molar-refractivity contribution in [3.63, 3.8) is 0 Å². The van der Waals surface area contributed by atoms with E-state index >= 15 is 0 Å². The van der Waals surface area contributed by atoms with Gasteiger partial charge in [-0.05, 0) is 30.3 Å². The van der Waals surface area contributed by atoms with Gasteiger partial charge in [-0.1, -0.05) is 11.6 Å². The summed E-state index contributed by atoms with van der Waals surface area (Å²) in [6.07, 6.45) is 0. The van der Waals surface area contributed by atoms with Gasteiger partial charge in [0.2, 0.25) is 10.0 Å². The first-order valence-corrected chi connectivity index (χ1v) is 8.70. The molecule has 1 aliphatic heterocycles. The van der Waals surface area contributed by atoms with E-state index in [0.717, 1.165) is 12.1 Å². The van der Waals surface area contributed by atoms with Crippen molar-refractivity contribution in [3.05, 3.63) is 46.9 Å². The maximum absolute atomic E-state index is 13.3. The smallest absolute Gasteiger partial charge is 0.234 e. The Kier molecular flexibility index (Phi) is 4.23. The Morgan fingerprint density at radius 2 is 1.92 bits per heavy atom. The highest BCUT2D eigenvalue weighted by Gasteiger charge is 2.49. The van der Waals surface area contributed by atoms with Crippen LogP contribution in [-0.2, 0) is 10.0 Å². The number of sulfonamides is 1. The number of hydrogen-bond donors (Lipinski definition) is 0. The Morgan fingerprint density at radius 3 is 2.48 bits per heavy atom. The van der Waals surface area contributed by atoms with Crippen molar-refractivity contribution in [1.29, 1.82) is 5.26 Å². The largest absolute Gasteiger partial charge is 0.275 e. The van der Waals surface area contributed by atoms with Crippen LogP contribution < -0.4 is 0 Å². The van der Waals surface area contributed by atoms with Crippen LogP contribution in [0, 0.1) is 17.1 Å². The molecule has 1 aromatic carbocycles. The minimum absolute atomic E-state index is 0.0173. The third-order valence-electron chi connectivity index (χ3n) is 3.62. The van der Waals surface area contributed by atoms with E-state index in [4.69, 9.17) is 16.9 Å². The van der Waals surface area contributed by atoms with Gasteiger partial charge in [0, 0.05) is 5.56 Å². The molecule has 0 N–H and O–H groups in total. The molecule has 1 aliphatic rings. The van der Waals surface area contributed by atoms with E-state index in [9.17, 15) is 21.6 Å². The summed E-state index contributed by atoms with van der Waals surface area (Å²) < 4.78 is 64.4. The third-order valence-corrected chi connectivity index (χ3v) is 5.72. The lowest BCUT2D eigenvalue weighted by molar-refractivity contribution is -0.0945. The standard InChI is InChI=1S/C15H9ClF3N3O2S/c16-11-5-9(25(23,24)22-7-15(18,19)8-22)1-2-10(11)13-4-3-12(17)14(6-20)21-13/h1-5H,7-8H2. The fourth-order valence-corrected chi connectivity index (χ4v) is 4.19. The van der Waals surface area contributed by atoms with Crippen LogP contribution in [0.1, 0.15) is 5.69 Å². The van der Waals surface area contributed by atoms with Gasteiger partial charge in [0.25, 0.3) is 5.92 Å². The van der Waals surface area contributed by atoms with E-state index in [-0.39, 0.29) is 21.2 Å².